The Morgan fingerprint density at radius 2 is 2.11 bits per heavy atom. The van der Waals surface area contributed by atoms with E-state index >= 15 is 0 Å². The van der Waals surface area contributed by atoms with Crippen LogP contribution in [-0.2, 0) is 27.1 Å². The molecule has 7 nitrogen and oxygen atoms in total. The van der Waals surface area contributed by atoms with E-state index < -0.39 is 12.0 Å². The number of likely N-dealkylation sites (tertiary alicyclic amines) is 1. The Bertz CT molecular complexity index is 972. The number of pyridine rings is 1. The Balaban J connectivity index is 1.50. The van der Waals surface area contributed by atoms with Gasteiger partial charge in [-0.2, -0.15) is 0 Å². The van der Waals surface area contributed by atoms with Crippen molar-refractivity contribution in [2.75, 3.05) is 31.6 Å². The van der Waals surface area contributed by atoms with E-state index in [2.05, 4.69) is 24.0 Å². The third-order valence-corrected chi connectivity index (χ3v) is 7.06. The molecule has 1 unspecified atom stereocenters. The summed E-state index contributed by atoms with van der Waals surface area (Å²) < 4.78 is 12.2. The zero-order valence-corrected chi connectivity index (χ0v) is 23.0. The first-order valence-electron chi connectivity index (χ1n) is 13.8. The average Bonchev–Trinajstić information content (AvgIpc) is 3.33. The first-order chi connectivity index (χ1) is 17.8. The molecule has 0 amide bonds. The minimum Gasteiger partial charge on any atom is -0.480 e. The summed E-state index contributed by atoms with van der Waals surface area (Å²) in [4.78, 5) is 19.2. The van der Waals surface area contributed by atoms with Crippen molar-refractivity contribution in [1.82, 2.24) is 9.88 Å². The monoisotopic (exact) mass is 511 g/mol. The van der Waals surface area contributed by atoms with Gasteiger partial charge >= 0.3 is 5.97 Å². The summed E-state index contributed by atoms with van der Waals surface area (Å²) in [6.07, 6.45) is 11.3. The highest BCUT2D eigenvalue weighted by Gasteiger charge is 2.37. The van der Waals surface area contributed by atoms with E-state index in [0.29, 0.717) is 19.7 Å². The molecular formula is C30H45N3O4. The second-order valence-corrected chi connectivity index (χ2v) is 10.2. The number of aromatic nitrogens is 1. The van der Waals surface area contributed by atoms with Crippen molar-refractivity contribution in [2.24, 2.45) is 0 Å². The molecule has 204 valence electrons. The van der Waals surface area contributed by atoms with Crippen molar-refractivity contribution in [3.05, 3.63) is 59.3 Å². The molecule has 7 heteroatoms. The van der Waals surface area contributed by atoms with Crippen molar-refractivity contribution in [1.29, 1.82) is 0 Å². The summed E-state index contributed by atoms with van der Waals surface area (Å²) in [7, 11) is 0. The van der Waals surface area contributed by atoms with Gasteiger partial charge < -0.3 is 19.9 Å². The van der Waals surface area contributed by atoms with E-state index in [1.54, 1.807) is 6.08 Å². The van der Waals surface area contributed by atoms with E-state index in [1.165, 1.54) is 12.0 Å². The molecule has 0 radical (unpaired) electrons. The molecule has 3 atom stereocenters. The topological polar surface area (TPSA) is 83.9 Å². The SMILES string of the molecule is C=C/C=C(\C(=C/C)C(C(=O)O)N1CC[C@@H](OCCCCc2ccc3c(n2)NCCC3)C1)[C@H](C)OC(C)C. The number of carboxylic acid groups (broad SMARTS) is 1. The van der Waals surface area contributed by atoms with Crippen molar-refractivity contribution in [3.63, 3.8) is 0 Å². The number of unbranched alkanes of at least 4 members (excludes halogenated alkanes) is 1. The van der Waals surface area contributed by atoms with Crippen LogP contribution in [0.5, 0.6) is 0 Å². The molecule has 0 spiro atoms. The molecule has 1 fully saturated rings. The lowest BCUT2D eigenvalue weighted by Crippen LogP contribution is -2.43. The molecule has 3 rings (SSSR count). The number of aryl methyl sites for hydroxylation is 2. The van der Waals surface area contributed by atoms with E-state index in [1.807, 2.05) is 44.7 Å². The maximum Gasteiger partial charge on any atom is 0.325 e. The highest BCUT2D eigenvalue weighted by molar-refractivity contribution is 5.79. The smallest absolute Gasteiger partial charge is 0.325 e. The van der Waals surface area contributed by atoms with Crippen LogP contribution in [0.25, 0.3) is 0 Å². The van der Waals surface area contributed by atoms with Gasteiger partial charge in [0.15, 0.2) is 0 Å². The summed E-state index contributed by atoms with van der Waals surface area (Å²) in [5.41, 5.74) is 4.06. The third-order valence-electron chi connectivity index (χ3n) is 7.06. The Morgan fingerprint density at radius 1 is 1.30 bits per heavy atom. The van der Waals surface area contributed by atoms with Crippen LogP contribution in [0, 0.1) is 0 Å². The third kappa shape index (κ3) is 8.25. The number of hydrogen-bond acceptors (Lipinski definition) is 6. The number of nitrogens with one attached hydrogen (secondary N) is 1. The minimum absolute atomic E-state index is 0.0360. The highest BCUT2D eigenvalue weighted by atomic mass is 16.5. The zero-order chi connectivity index (χ0) is 26.8. The van der Waals surface area contributed by atoms with Crippen LogP contribution in [-0.4, -0.2) is 71.6 Å². The van der Waals surface area contributed by atoms with Crippen LogP contribution in [0.3, 0.4) is 0 Å². The van der Waals surface area contributed by atoms with Gasteiger partial charge in [-0.05, 0) is 89.0 Å². The molecule has 2 aliphatic rings. The summed E-state index contributed by atoms with van der Waals surface area (Å²) in [6.45, 7) is 14.6. The van der Waals surface area contributed by atoms with Crippen molar-refractivity contribution in [2.45, 2.75) is 90.6 Å². The number of allylic oxidation sites excluding steroid dienone is 3. The number of carboxylic acids is 1. The van der Waals surface area contributed by atoms with Gasteiger partial charge in [0.05, 0.1) is 18.3 Å². The number of nitrogens with zero attached hydrogens (tertiary/aromatic N) is 2. The molecule has 0 bridgehead atoms. The Labute approximate surface area is 222 Å². The molecule has 0 aliphatic carbocycles. The summed E-state index contributed by atoms with van der Waals surface area (Å²) in [6, 6.07) is 3.61. The lowest BCUT2D eigenvalue weighted by molar-refractivity contribution is -0.141. The van der Waals surface area contributed by atoms with Crippen LogP contribution < -0.4 is 5.32 Å². The number of anilines is 1. The zero-order valence-electron chi connectivity index (χ0n) is 23.0. The Kier molecular flexibility index (Phi) is 11.4. The normalized spacial score (nSPS) is 20.4. The van der Waals surface area contributed by atoms with Gasteiger partial charge in [0.2, 0.25) is 0 Å². The molecule has 2 aliphatic heterocycles. The predicted octanol–water partition coefficient (Wildman–Crippen LogP) is 5.18. The standard InChI is InChI=1S/C30H45N3O4/c1-6-11-27(22(5)37-21(3)4)26(7-2)28(30(34)35)33-18-16-25(20-33)36-19-9-8-13-24-15-14-23-12-10-17-31-29(23)32-24/h6-7,11,14-15,21-22,25,28H,1,8-10,12-13,16-20H2,2-5H3,(H,31,32)(H,34,35)/b26-7+,27-11-/t22-,25+,28?/m0/s1. The lowest BCUT2D eigenvalue weighted by Gasteiger charge is -2.30. The minimum atomic E-state index is -0.854. The second-order valence-electron chi connectivity index (χ2n) is 10.2. The quantitative estimate of drug-likeness (QED) is 0.263. The number of ether oxygens (including phenoxy) is 2. The van der Waals surface area contributed by atoms with Crippen LogP contribution in [0.1, 0.15) is 64.6 Å². The maximum atomic E-state index is 12.4. The average molecular weight is 512 g/mol. The first kappa shape index (κ1) is 29.1. The van der Waals surface area contributed by atoms with Gasteiger partial charge in [0, 0.05) is 31.9 Å². The number of carbonyl (C=O) groups is 1. The Hall–Kier alpha value is -2.48. The molecule has 1 aromatic heterocycles. The van der Waals surface area contributed by atoms with E-state index in [4.69, 9.17) is 14.5 Å². The van der Waals surface area contributed by atoms with Gasteiger partial charge in [0.1, 0.15) is 11.9 Å². The van der Waals surface area contributed by atoms with Gasteiger partial charge in [-0.25, -0.2) is 4.98 Å². The summed E-state index contributed by atoms with van der Waals surface area (Å²) >= 11 is 0. The number of aliphatic carboxylic acids is 1. The molecule has 3 heterocycles. The summed E-state index contributed by atoms with van der Waals surface area (Å²) in [5, 5.41) is 13.6. The lowest BCUT2D eigenvalue weighted by atomic mass is 9.93. The number of fused-ring (bicyclic) bond motifs is 1. The molecule has 1 saturated heterocycles. The van der Waals surface area contributed by atoms with Crippen LogP contribution in [0.2, 0.25) is 0 Å². The van der Waals surface area contributed by atoms with Gasteiger partial charge in [0.25, 0.3) is 0 Å². The van der Waals surface area contributed by atoms with Gasteiger partial charge in [-0.15, -0.1) is 0 Å². The van der Waals surface area contributed by atoms with Crippen LogP contribution in [0.4, 0.5) is 5.82 Å². The molecule has 37 heavy (non-hydrogen) atoms. The molecule has 0 saturated carbocycles. The fourth-order valence-corrected chi connectivity index (χ4v) is 5.33. The van der Waals surface area contributed by atoms with E-state index in [-0.39, 0.29) is 18.3 Å². The highest BCUT2D eigenvalue weighted by Crippen LogP contribution is 2.28. The van der Waals surface area contributed by atoms with Gasteiger partial charge in [-0.1, -0.05) is 30.9 Å². The molecular weight excluding hydrogens is 466 g/mol. The molecule has 1 aromatic rings. The molecule has 2 N–H and O–H groups in total. The van der Waals surface area contributed by atoms with Crippen molar-refractivity contribution in [3.8, 4) is 0 Å². The largest absolute Gasteiger partial charge is 0.480 e. The molecule has 0 aromatic carbocycles. The fraction of sp³-hybridized carbons (Fsp3) is 0.600. The number of hydrogen-bond donors (Lipinski definition) is 2. The fourth-order valence-electron chi connectivity index (χ4n) is 5.33. The van der Waals surface area contributed by atoms with E-state index in [0.717, 1.165) is 61.3 Å². The van der Waals surface area contributed by atoms with Crippen LogP contribution in [0.15, 0.2) is 48.1 Å². The second kappa shape index (κ2) is 14.5. The van der Waals surface area contributed by atoms with Crippen LogP contribution >= 0.6 is 0 Å². The van der Waals surface area contributed by atoms with Gasteiger partial charge in [-0.3, -0.25) is 9.69 Å². The maximum absolute atomic E-state index is 12.4. The summed E-state index contributed by atoms with van der Waals surface area (Å²) in [5.74, 6) is 0.197. The van der Waals surface area contributed by atoms with E-state index in [9.17, 15) is 9.90 Å². The predicted molar refractivity (Wildman–Crippen MR) is 149 cm³/mol. The number of rotatable bonds is 14. The first-order valence-corrected chi connectivity index (χ1v) is 13.8. The van der Waals surface area contributed by atoms with Crippen molar-refractivity contribution >= 4 is 11.8 Å². The Morgan fingerprint density at radius 3 is 2.81 bits per heavy atom. The van der Waals surface area contributed by atoms with Crippen molar-refractivity contribution < 1.29 is 19.4 Å².